The number of nitrogens with zero attached hydrogens (tertiary/aromatic N) is 1. The lowest BCUT2D eigenvalue weighted by Crippen LogP contribution is -2.59. The molecule has 0 aromatic carbocycles. The van der Waals surface area contributed by atoms with Crippen molar-refractivity contribution in [3.8, 4) is 0 Å². The van der Waals surface area contributed by atoms with Crippen molar-refractivity contribution in [2.45, 2.75) is 17.6 Å². The van der Waals surface area contributed by atoms with E-state index in [9.17, 15) is 18.0 Å². The van der Waals surface area contributed by atoms with Gasteiger partial charge in [0.05, 0.1) is 22.3 Å². The maximum atomic E-state index is 12.5. The number of methoxy groups -OCH3 is 1. The summed E-state index contributed by atoms with van der Waals surface area (Å²) in [4.78, 5) is 12.0. The van der Waals surface area contributed by atoms with Crippen molar-refractivity contribution in [3.63, 3.8) is 0 Å². The predicted molar refractivity (Wildman–Crippen MR) is 51.2 cm³/mol. The summed E-state index contributed by atoms with van der Waals surface area (Å²) in [5.41, 5.74) is 0. The third kappa shape index (κ3) is 2.28. The van der Waals surface area contributed by atoms with E-state index in [-0.39, 0.29) is 13.2 Å². The molecule has 4 radical (unpaired) electrons. The first-order valence-corrected chi connectivity index (χ1v) is 4.42. The van der Waals surface area contributed by atoms with Crippen LogP contribution in [0.25, 0.3) is 0 Å². The number of urea groups is 1. The lowest BCUT2D eigenvalue weighted by molar-refractivity contribution is -0.156. The Hall–Kier alpha value is -0.850. The Bertz CT molecular complexity index is 285. The van der Waals surface area contributed by atoms with E-state index < -0.39 is 23.6 Å². The molecular weight excluding hydrogens is 223 g/mol. The molecule has 9 heteroatoms. The summed E-state index contributed by atoms with van der Waals surface area (Å²) in [5, 5.41) is -0.598. The molecule has 0 spiro atoms. The van der Waals surface area contributed by atoms with Gasteiger partial charge < -0.3 is 15.0 Å². The van der Waals surface area contributed by atoms with E-state index in [0.717, 1.165) is 0 Å². The molecule has 1 N–H and O–H groups in total. The molecule has 1 aliphatic heterocycles. The molecule has 1 atom stereocenters. The molecule has 1 unspecified atom stereocenters. The molecule has 0 bridgehead atoms. The molecular formula is C7H9B2F3N2O2. The fourth-order valence-electron chi connectivity index (χ4n) is 1.47. The van der Waals surface area contributed by atoms with Crippen molar-refractivity contribution in [3.05, 3.63) is 0 Å². The zero-order chi connectivity index (χ0) is 12.6. The molecule has 0 aliphatic carbocycles. The second kappa shape index (κ2) is 4.20. The summed E-state index contributed by atoms with van der Waals surface area (Å²) < 4.78 is 42.1. The third-order valence-corrected chi connectivity index (χ3v) is 2.29. The summed E-state index contributed by atoms with van der Waals surface area (Å²) in [6, 6.07) is -3.24. The van der Waals surface area contributed by atoms with Gasteiger partial charge in [-0.1, -0.05) is 0 Å². The largest absolute Gasteiger partial charge is 0.409 e. The van der Waals surface area contributed by atoms with Crippen molar-refractivity contribution in [2.75, 3.05) is 20.3 Å². The summed E-state index contributed by atoms with van der Waals surface area (Å²) in [6.07, 6.45) is -4.69. The zero-order valence-electron chi connectivity index (χ0n) is 8.54. The van der Waals surface area contributed by atoms with E-state index in [1.807, 2.05) is 0 Å². The predicted octanol–water partition coefficient (Wildman–Crippen LogP) is -0.420. The van der Waals surface area contributed by atoms with Gasteiger partial charge in [-0.2, -0.15) is 13.2 Å². The Balaban J connectivity index is 2.86. The average molecular weight is 232 g/mol. The van der Waals surface area contributed by atoms with Gasteiger partial charge in [0.2, 0.25) is 0 Å². The number of hydrogen-bond donors (Lipinski definition) is 1. The Morgan fingerprint density at radius 1 is 1.56 bits per heavy atom. The number of hydrogen-bond acceptors (Lipinski definition) is 2. The van der Waals surface area contributed by atoms with E-state index in [1.165, 1.54) is 7.11 Å². The molecule has 0 aromatic rings. The first-order chi connectivity index (χ1) is 7.21. The van der Waals surface area contributed by atoms with Crippen LogP contribution >= 0.6 is 0 Å². The van der Waals surface area contributed by atoms with Crippen molar-refractivity contribution in [1.29, 1.82) is 0 Å². The topological polar surface area (TPSA) is 41.6 Å². The molecule has 2 amide bonds. The first-order valence-electron chi connectivity index (χ1n) is 4.42. The van der Waals surface area contributed by atoms with Gasteiger partial charge in [0.25, 0.3) is 0 Å². The van der Waals surface area contributed by atoms with E-state index in [4.69, 9.17) is 15.7 Å². The van der Waals surface area contributed by atoms with Crippen LogP contribution in [0.15, 0.2) is 0 Å². The van der Waals surface area contributed by atoms with Gasteiger partial charge in [-0.3, -0.25) is 0 Å². The van der Waals surface area contributed by atoms with Gasteiger partial charge in [0.15, 0.2) is 0 Å². The van der Waals surface area contributed by atoms with Crippen LogP contribution in [0.1, 0.15) is 0 Å². The van der Waals surface area contributed by atoms with Gasteiger partial charge >= 0.3 is 12.2 Å². The lowest BCUT2D eigenvalue weighted by atomic mass is 9.57. The summed E-state index contributed by atoms with van der Waals surface area (Å²) in [7, 11) is 12.0. The third-order valence-electron chi connectivity index (χ3n) is 2.29. The molecule has 4 nitrogen and oxygen atoms in total. The molecule has 1 saturated heterocycles. The first kappa shape index (κ1) is 13.2. The van der Waals surface area contributed by atoms with Crippen LogP contribution in [0.5, 0.6) is 0 Å². The van der Waals surface area contributed by atoms with Gasteiger partial charge in [0, 0.05) is 13.7 Å². The number of alkyl halides is 3. The molecule has 1 heterocycles. The van der Waals surface area contributed by atoms with Crippen molar-refractivity contribution >= 4 is 21.7 Å². The summed E-state index contributed by atoms with van der Waals surface area (Å²) in [5.74, 6) is 0. The van der Waals surface area contributed by atoms with Crippen LogP contribution in [-0.2, 0) is 4.74 Å². The van der Waals surface area contributed by atoms with Crippen LogP contribution in [0.4, 0.5) is 18.0 Å². The summed E-state index contributed by atoms with van der Waals surface area (Å²) in [6.45, 7) is -0.0595. The standard InChI is InChI=1S/C7H9B2F3N2O2/c1-16-3-2-14-5(15)13-4(6(14,8)9)7(10,11)12/h4H,2-3H2,1H3,(H,13,15). The molecule has 1 rings (SSSR count). The Morgan fingerprint density at radius 2 is 2.12 bits per heavy atom. The number of halogens is 3. The molecule has 86 valence electrons. The van der Waals surface area contributed by atoms with Crippen LogP contribution in [0, 0.1) is 0 Å². The van der Waals surface area contributed by atoms with E-state index in [2.05, 4.69) is 4.74 Å². The minimum Gasteiger partial charge on any atom is -0.383 e. The number of ether oxygens (including phenoxy) is 1. The smallest absolute Gasteiger partial charge is 0.383 e. The highest BCUT2D eigenvalue weighted by molar-refractivity contribution is 6.42. The van der Waals surface area contributed by atoms with E-state index in [0.29, 0.717) is 4.90 Å². The van der Waals surface area contributed by atoms with Crippen molar-refractivity contribution in [2.24, 2.45) is 0 Å². The number of carbonyl (C=O) groups is 1. The molecule has 0 saturated carbocycles. The number of rotatable bonds is 3. The Kier molecular flexibility index (Phi) is 3.47. The van der Waals surface area contributed by atoms with Crippen LogP contribution in [0.2, 0.25) is 0 Å². The fourth-order valence-corrected chi connectivity index (χ4v) is 1.47. The zero-order valence-corrected chi connectivity index (χ0v) is 8.54. The van der Waals surface area contributed by atoms with Gasteiger partial charge in [-0.15, -0.1) is 0 Å². The molecule has 0 aromatic heterocycles. The van der Waals surface area contributed by atoms with Crippen LogP contribution < -0.4 is 5.32 Å². The molecule has 1 fully saturated rings. The van der Waals surface area contributed by atoms with Gasteiger partial charge in [-0.25, -0.2) is 4.79 Å². The highest BCUT2D eigenvalue weighted by Crippen LogP contribution is 2.32. The molecule has 16 heavy (non-hydrogen) atoms. The Morgan fingerprint density at radius 3 is 2.50 bits per heavy atom. The highest BCUT2D eigenvalue weighted by Gasteiger charge is 2.56. The second-order valence-corrected chi connectivity index (χ2v) is 3.46. The summed E-state index contributed by atoms with van der Waals surface area (Å²) >= 11 is 0. The minimum absolute atomic E-state index is 0.0497. The highest BCUT2D eigenvalue weighted by atomic mass is 19.4. The monoisotopic (exact) mass is 232 g/mol. The van der Waals surface area contributed by atoms with Gasteiger partial charge in [0.1, 0.15) is 6.04 Å². The van der Waals surface area contributed by atoms with Crippen LogP contribution in [-0.4, -0.2) is 64.4 Å². The average Bonchev–Trinajstić information content (AvgIpc) is 2.34. The fraction of sp³-hybridized carbons (Fsp3) is 0.857. The minimum atomic E-state index is -4.69. The molecule has 1 aliphatic rings. The Labute approximate surface area is 93.3 Å². The van der Waals surface area contributed by atoms with E-state index >= 15 is 0 Å². The number of carbonyl (C=O) groups excluding carboxylic acids is 1. The lowest BCUT2D eigenvalue weighted by Gasteiger charge is -2.35. The van der Waals surface area contributed by atoms with Crippen LogP contribution in [0.3, 0.4) is 0 Å². The maximum absolute atomic E-state index is 12.5. The van der Waals surface area contributed by atoms with Crippen molar-refractivity contribution in [1.82, 2.24) is 10.2 Å². The quantitative estimate of drug-likeness (QED) is 0.671. The number of nitrogens with one attached hydrogen (secondary N) is 1. The normalized spacial score (nSPS) is 24.6. The van der Waals surface area contributed by atoms with Gasteiger partial charge in [-0.05, 0) is 5.34 Å². The van der Waals surface area contributed by atoms with Crippen molar-refractivity contribution < 1.29 is 22.7 Å². The van der Waals surface area contributed by atoms with E-state index in [1.54, 1.807) is 5.32 Å². The second-order valence-electron chi connectivity index (χ2n) is 3.46. The SMILES string of the molecule is [B]C1([B])C(C(F)(F)F)NC(=O)N1CCOC. The number of amides is 2. The maximum Gasteiger partial charge on any atom is 0.409 e.